The summed E-state index contributed by atoms with van der Waals surface area (Å²) in [6.45, 7) is 8.55. The van der Waals surface area contributed by atoms with E-state index in [1.54, 1.807) is 0 Å². The molecule has 5 heteroatoms. The molecule has 0 N–H and O–H groups in total. The maximum Gasteiger partial charge on any atom is 0.305 e. The molecule has 0 fully saturated rings. The summed E-state index contributed by atoms with van der Waals surface area (Å²) in [5.41, 5.74) is 3.61. The fraction of sp³-hybridized carbons (Fsp3) is 0.367. The fourth-order valence-corrected chi connectivity index (χ4v) is 4.78. The Morgan fingerprint density at radius 3 is 2.40 bits per heavy atom. The molecule has 0 amide bonds. The molecule has 0 aromatic heterocycles. The van der Waals surface area contributed by atoms with Crippen molar-refractivity contribution in [1.82, 2.24) is 0 Å². The molecule has 0 radical (unpaired) electrons. The van der Waals surface area contributed by atoms with Gasteiger partial charge in [-0.1, -0.05) is 44.2 Å². The van der Waals surface area contributed by atoms with Crippen LogP contribution < -0.4 is 9.47 Å². The smallest absolute Gasteiger partial charge is 0.305 e. The van der Waals surface area contributed by atoms with Crippen molar-refractivity contribution in [3.63, 3.8) is 0 Å². The number of hydrogen-bond donors (Lipinski definition) is 0. The zero-order valence-electron chi connectivity index (χ0n) is 21.4. The minimum Gasteiger partial charge on any atom is -0.487 e. The molecule has 3 aromatic carbocycles. The van der Waals surface area contributed by atoms with E-state index in [0.29, 0.717) is 18.8 Å². The zero-order chi connectivity index (χ0) is 25.2. The zero-order valence-corrected chi connectivity index (χ0v) is 22.2. The fourth-order valence-electron chi connectivity index (χ4n) is 3.67. The second-order valence-corrected chi connectivity index (χ2v) is 10.2. The predicted molar refractivity (Wildman–Crippen MR) is 144 cm³/mol. The Bertz CT molecular complexity index is 1090. The van der Waals surface area contributed by atoms with E-state index < -0.39 is 0 Å². The lowest BCUT2D eigenvalue weighted by atomic mass is 10.0. The first-order valence-corrected chi connectivity index (χ1v) is 13.2. The summed E-state index contributed by atoms with van der Waals surface area (Å²) in [6, 6.07) is 22.5. The van der Waals surface area contributed by atoms with Gasteiger partial charge in [-0.2, -0.15) is 0 Å². The molecule has 1 unspecified atom stereocenters. The number of benzene rings is 3. The maximum absolute atomic E-state index is 11.4. The number of carbonyl (C=O) groups is 1. The quantitative estimate of drug-likeness (QED) is 0.189. The Balaban J connectivity index is 1.57. The van der Waals surface area contributed by atoms with Crippen LogP contribution in [0.15, 0.2) is 71.6 Å². The van der Waals surface area contributed by atoms with Crippen LogP contribution in [-0.2, 0) is 16.0 Å². The van der Waals surface area contributed by atoms with Gasteiger partial charge in [-0.05, 0) is 85.7 Å². The summed E-state index contributed by atoms with van der Waals surface area (Å²) >= 11 is 1.82. The van der Waals surface area contributed by atoms with E-state index in [1.807, 2.05) is 48.2 Å². The van der Waals surface area contributed by atoms with Crippen molar-refractivity contribution in [3.8, 4) is 17.2 Å². The van der Waals surface area contributed by atoms with Crippen molar-refractivity contribution >= 4 is 17.7 Å². The van der Waals surface area contributed by atoms with Gasteiger partial charge in [0.2, 0.25) is 0 Å². The molecule has 0 spiro atoms. The van der Waals surface area contributed by atoms with Gasteiger partial charge >= 0.3 is 5.97 Å². The summed E-state index contributed by atoms with van der Waals surface area (Å²) in [5, 5.41) is 0. The lowest BCUT2D eigenvalue weighted by molar-refractivity contribution is -0.140. The number of hydrogen-bond acceptors (Lipinski definition) is 5. The van der Waals surface area contributed by atoms with Crippen LogP contribution >= 0.6 is 11.8 Å². The van der Waals surface area contributed by atoms with Crippen molar-refractivity contribution in [1.29, 1.82) is 0 Å². The van der Waals surface area contributed by atoms with Gasteiger partial charge in [0.05, 0.1) is 13.2 Å². The van der Waals surface area contributed by atoms with Gasteiger partial charge in [0, 0.05) is 17.1 Å². The van der Waals surface area contributed by atoms with Crippen LogP contribution in [0.1, 0.15) is 56.2 Å². The molecule has 0 heterocycles. The number of para-hydroxylation sites is 1. The van der Waals surface area contributed by atoms with Crippen LogP contribution in [-0.4, -0.2) is 24.9 Å². The minimum absolute atomic E-state index is 0.0472. The molecule has 3 aromatic rings. The summed E-state index contributed by atoms with van der Waals surface area (Å²) in [5.74, 6) is 3.49. The number of esters is 1. The van der Waals surface area contributed by atoms with Gasteiger partial charge in [-0.25, -0.2) is 0 Å². The normalized spacial score (nSPS) is 11.8. The lowest BCUT2D eigenvalue weighted by Crippen LogP contribution is -2.13. The maximum atomic E-state index is 11.4. The van der Waals surface area contributed by atoms with Gasteiger partial charge in [0.15, 0.2) is 11.5 Å². The Kier molecular flexibility index (Phi) is 10.1. The van der Waals surface area contributed by atoms with Gasteiger partial charge < -0.3 is 14.2 Å². The van der Waals surface area contributed by atoms with Crippen molar-refractivity contribution < 1.29 is 19.0 Å². The van der Waals surface area contributed by atoms with E-state index in [-0.39, 0.29) is 12.1 Å². The highest BCUT2D eigenvalue weighted by molar-refractivity contribution is 7.99. The number of rotatable bonds is 12. The summed E-state index contributed by atoms with van der Waals surface area (Å²) in [7, 11) is 1.43. The Morgan fingerprint density at radius 1 is 0.943 bits per heavy atom. The summed E-state index contributed by atoms with van der Waals surface area (Å²) < 4.78 is 17.2. The van der Waals surface area contributed by atoms with E-state index in [9.17, 15) is 4.79 Å². The van der Waals surface area contributed by atoms with Crippen LogP contribution in [0.25, 0.3) is 0 Å². The second kappa shape index (κ2) is 13.2. The summed E-state index contributed by atoms with van der Waals surface area (Å²) in [4.78, 5) is 12.6. The number of aryl methyl sites for hydroxylation is 2. The molecule has 0 aliphatic heterocycles. The van der Waals surface area contributed by atoms with Gasteiger partial charge in [0.25, 0.3) is 0 Å². The average Bonchev–Trinajstić information content (AvgIpc) is 2.85. The summed E-state index contributed by atoms with van der Waals surface area (Å²) in [6.07, 6.45) is 2.07. The van der Waals surface area contributed by atoms with E-state index in [0.717, 1.165) is 29.4 Å². The topological polar surface area (TPSA) is 44.8 Å². The third-order valence-electron chi connectivity index (χ3n) is 5.87. The Morgan fingerprint density at radius 2 is 1.71 bits per heavy atom. The van der Waals surface area contributed by atoms with Crippen molar-refractivity contribution in [3.05, 3.63) is 83.4 Å². The highest BCUT2D eigenvalue weighted by Gasteiger charge is 2.14. The molecule has 1 atom stereocenters. The minimum atomic E-state index is -0.173. The van der Waals surface area contributed by atoms with Crippen LogP contribution in [0.2, 0.25) is 0 Å². The monoisotopic (exact) mass is 492 g/mol. The SMILES string of the molecule is COC(=O)CCc1ccc(SCCC(C)Oc2ccc(C(C)C)cc2Oc2ccccc2)cc1C. The van der Waals surface area contributed by atoms with Crippen LogP contribution in [0.4, 0.5) is 0 Å². The lowest BCUT2D eigenvalue weighted by Gasteiger charge is -2.19. The van der Waals surface area contributed by atoms with Gasteiger partial charge in [-0.3, -0.25) is 4.79 Å². The highest BCUT2D eigenvalue weighted by Crippen LogP contribution is 2.35. The molecule has 0 aliphatic carbocycles. The van der Waals surface area contributed by atoms with Crippen molar-refractivity contribution in [2.75, 3.05) is 12.9 Å². The Hall–Kier alpha value is -2.92. The van der Waals surface area contributed by atoms with Gasteiger partial charge in [-0.15, -0.1) is 11.8 Å². The van der Waals surface area contributed by atoms with Crippen LogP contribution in [0.3, 0.4) is 0 Å². The molecule has 0 saturated heterocycles. The molecule has 0 saturated carbocycles. The van der Waals surface area contributed by atoms with Crippen molar-refractivity contribution in [2.45, 2.75) is 63.9 Å². The first-order valence-electron chi connectivity index (χ1n) is 12.2. The Labute approximate surface area is 214 Å². The van der Waals surface area contributed by atoms with E-state index >= 15 is 0 Å². The molecule has 0 bridgehead atoms. The average molecular weight is 493 g/mol. The second-order valence-electron chi connectivity index (χ2n) is 9.01. The standard InChI is InChI=1S/C30H36O4S/c1-21(2)25-12-15-28(29(20-25)34-26-9-7-6-8-10-26)33-23(4)17-18-35-27-14-11-24(22(3)19-27)13-16-30(31)32-5/h6-12,14-15,19-21,23H,13,16-18H2,1-5H3. The molecule has 3 rings (SSSR count). The van der Waals surface area contributed by atoms with E-state index in [4.69, 9.17) is 14.2 Å². The van der Waals surface area contributed by atoms with E-state index in [2.05, 4.69) is 58.0 Å². The first kappa shape index (κ1) is 26.7. The van der Waals surface area contributed by atoms with Crippen LogP contribution in [0, 0.1) is 6.92 Å². The third-order valence-corrected chi connectivity index (χ3v) is 6.89. The number of thioether (sulfide) groups is 1. The molecule has 0 aliphatic rings. The molecule has 4 nitrogen and oxygen atoms in total. The molecule has 35 heavy (non-hydrogen) atoms. The number of methoxy groups -OCH3 is 1. The van der Waals surface area contributed by atoms with E-state index in [1.165, 1.54) is 28.7 Å². The first-order chi connectivity index (χ1) is 16.9. The highest BCUT2D eigenvalue weighted by atomic mass is 32.2. The predicted octanol–water partition coefficient (Wildman–Crippen LogP) is 7.97. The number of carbonyl (C=O) groups excluding carboxylic acids is 1. The number of ether oxygens (including phenoxy) is 3. The van der Waals surface area contributed by atoms with Crippen LogP contribution in [0.5, 0.6) is 17.2 Å². The largest absolute Gasteiger partial charge is 0.487 e. The molecular weight excluding hydrogens is 456 g/mol. The molecular formula is C30H36O4S. The van der Waals surface area contributed by atoms with Gasteiger partial charge in [0.1, 0.15) is 5.75 Å². The third kappa shape index (κ3) is 8.36. The molecule has 186 valence electrons. The van der Waals surface area contributed by atoms with Crippen molar-refractivity contribution in [2.24, 2.45) is 0 Å².